The van der Waals surface area contributed by atoms with Crippen LogP contribution in [-0.4, -0.2) is 42.7 Å². The molecule has 1 fully saturated rings. The molecule has 1 aliphatic heterocycles. The number of hydrogen-bond donors (Lipinski definition) is 1. The number of carbonyl (C=O) groups excluding carboxylic acids is 2. The Morgan fingerprint density at radius 2 is 2.00 bits per heavy atom. The molecule has 0 bridgehead atoms. The molecule has 0 saturated carbocycles. The van der Waals surface area contributed by atoms with E-state index in [1.165, 1.54) is 7.11 Å². The average Bonchev–Trinajstić information content (AvgIpc) is 2.75. The van der Waals surface area contributed by atoms with Crippen molar-refractivity contribution in [2.75, 3.05) is 20.8 Å². The predicted octanol–water partition coefficient (Wildman–Crippen LogP) is 0.926. The van der Waals surface area contributed by atoms with Gasteiger partial charge in [-0.1, -0.05) is 12.1 Å². The standard InChI is InChI=1S/C14H14N2O4S/c1-19-10-5-3-9(4-6-10)7-11-13(18)16(14(21)15-11)8-12(17)20-2/h3-7H,8H2,1-2H3,(H,15,21)/b11-7-. The second-order valence-electron chi connectivity index (χ2n) is 4.23. The van der Waals surface area contributed by atoms with Crippen molar-refractivity contribution in [3.05, 3.63) is 35.5 Å². The zero-order valence-corrected chi connectivity index (χ0v) is 12.4. The first-order valence-electron chi connectivity index (χ1n) is 6.10. The van der Waals surface area contributed by atoms with Crippen molar-refractivity contribution in [3.63, 3.8) is 0 Å². The molecule has 0 spiro atoms. The Morgan fingerprint density at radius 3 is 2.57 bits per heavy atom. The third-order valence-corrected chi connectivity index (χ3v) is 3.23. The Balaban J connectivity index is 2.17. The van der Waals surface area contributed by atoms with Gasteiger partial charge in [0.15, 0.2) is 5.11 Å². The lowest BCUT2D eigenvalue weighted by Gasteiger charge is -2.11. The Hall–Kier alpha value is -2.41. The first kappa shape index (κ1) is 15.0. The van der Waals surface area contributed by atoms with Crippen molar-refractivity contribution in [3.8, 4) is 5.75 Å². The molecule has 1 aromatic rings. The number of amides is 1. The molecular formula is C14H14N2O4S. The van der Waals surface area contributed by atoms with E-state index in [0.717, 1.165) is 16.2 Å². The van der Waals surface area contributed by atoms with E-state index in [1.807, 2.05) is 12.1 Å². The van der Waals surface area contributed by atoms with Gasteiger partial charge in [-0.25, -0.2) is 0 Å². The van der Waals surface area contributed by atoms with Gasteiger partial charge in [0.25, 0.3) is 5.91 Å². The minimum Gasteiger partial charge on any atom is -0.497 e. The molecule has 110 valence electrons. The van der Waals surface area contributed by atoms with Crippen LogP contribution >= 0.6 is 12.2 Å². The fraction of sp³-hybridized carbons (Fsp3) is 0.214. The van der Waals surface area contributed by atoms with Gasteiger partial charge in [-0.3, -0.25) is 14.5 Å². The Labute approximate surface area is 127 Å². The van der Waals surface area contributed by atoms with Crippen molar-refractivity contribution in [1.82, 2.24) is 10.2 Å². The predicted molar refractivity (Wildman–Crippen MR) is 80.4 cm³/mol. The van der Waals surface area contributed by atoms with E-state index in [1.54, 1.807) is 25.3 Å². The van der Waals surface area contributed by atoms with Crippen molar-refractivity contribution in [1.29, 1.82) is 0 Å². The summed E-state index contributed by atoms with van der Waals surface area (Å²) < 4.78 is 9.60. The maximum Gasteiger partial charge on any atom is 0.325 e. The first-order chi connectivity index (χ1) is 10.0. The zero-order chi connectivity index (χ0) is 15.4. The molecule has 1 aromatic carbocycles. The quantitative estimate of drug-likeness (QED) is 0.507. The van der Waals surface area contributed by atoms with Crippen LogP contribution in [0.4, 0.5) is 0 Å². The minimum absolute atomic E-state index is 0.185. The largest absolute Gasteiger partial charge is 0.497 e. The fourth-order valence-corrected chi connectivity index (χ4v) is 2.03. The summed E-state index contributed by atoms with van der Waals surface area (Å²) in [6.45, 7) is -0.207. The topological polar surface area (TPSA) is 67.9 Å². The number of thiocarbonyl (C=S) groups is 1. The fourth-order valence-electron chi connectivity index (χ4n) is 1.78. The van der Waals surface area contributed by atoms with E-state index in [4.69, 9.17) is 17.0 Å². The van der Waals surface area contributed by atoms with Crippen molar-refractivity contribution in [2.45, 2.75) is 0 Å². The number of nitrogens with one attached hydrogen (secondary N) is 1. The van der Waals surface area contributed by atoms with E-state index < -0.39 is 5.97 Å². The van der Waals surface area contributed by atoms with E-state index in [0.29, 0.717) is 5.70 Å². The number of carbonyl (C=O) groups is 2. The van der Waals surface area contributed by atoms with Gasteiger partial charge < -0.3 is 14.8 Å². The molecule has 1 heterocycles. The summed E-state index contributed by atoms with van der Waals surface area (Å²) in [6.07, 6.45) is 1.66. The van der Waals surface area contributed by atoms with Gasteiger partial charge >= 0.3 is 5.97 Å². The summed E-state index contributed by atoms with van der Waals surface area (Å²) in [5, 5.41) is 2.98. The van der Waals surface area contributed by atoms with Crippen molar-refractivity contribution >= 4 is 35.3 Å². The van der Waals surface area contributed by atoms with Crippen LogP contribution in [0.3, 0.4) is 0 Å². The van der Waals surface area contributed by atoms with Gasteiger partial charge in [-0.15, -0.1) is 0 Å². The lowest BCUT2D eigenvalue weighted by atomic mass is 10.2. The van der Waals surface area contributed by atoms with Crippen LogP contribution in [0.5, 0.6) is 5.75 Å². The molecule has 1 saturated heterocycles. The molecule has 0 aromatic heterocycles. The Kier molecular flexibility index (Phi) is 4.54. The number of ether oxygens (including phenoxy) is 2. The first-order valence-corrected chi connectivity index (χ1v) is 6.51. The highest BCUT2D eigenvalue weighted by Gasteiger charge is 2.32. The molecule has 2 rings (SSSR count). The molecule has 0 aliphatic carbocycles. The van der Waals surface area contributed by atoms with E-state index in [2.05, 4.69) is 10.1 Å². The molecule has 1 N–H and O–H groups in total. The Morgan fingerprint density at radius 1 is 1.33 bits per heavy atom. The Bertz CT molecular complexity index is 610. The number of benzene rings is 1. The normalized spacial score (nSPS) is 16.1. The lowest BCUT2D eigenvalue weighted by Crippen LogP contribution is -2.35. The molecule has 1 aliphatic rings. The minimum atomic E-state index is -0.529. The summed E-state index contributed by atoms with van der Waals surface area (Å²) in [5.41, 5.74) is 1.13. The van der Waals surface area contributed by atoms with E-state index >= 15 is 0 Å². The van der Waals surface area contributed by atoms with Gasteiger partial charge in [0, 0.05) is 0 Å². The summed E-state index contributed by atoms with van der Waals surface area (Å²) in [6, 6.07) is 7.20. The highest BCUT2D eigenvalue weighted by atomic mass is 32.1. The zero-order valence-electron chi connectivity index (χ0n) is 11.6. The molecule has 0 atom stereocenters. The number of rotatable bonds is 4. The van der Waals surface area contributed by atoms with Gasteiger partial charge in [0.2, 0.25) is 0 Å². The summed E-state index contributed by atoms with van der Waals surface area (Å²) in [5.74, 6) is -0.162. The molecule has 0 radical (unpaired) electrons. The number of esters is 1. The van der Waals surface area contributed by atoms with Crippen molar-refractivity contribution in [2.24, 2.45) is 0 Å². The third-order valence-electron chi connectivity index (χ3n) is 2.90. The molecule has 7 heteroatoms. The van der Waals surface area contributed by atoms with Gasteiger partial charge in [0.05, 0.1) is 14.2 Å². The van der Waals surface area contributed by atoms with Gasteiger partial charge in [-0.05, 0) is 36.0 Å². The molecule has 0 unspecified atom stereocenters. The van der Waals surface area contributed by atoms with Crippen molar-refractivity contribution < 1.29 is 19.1 Å². The SMILES string of the molecule is COC(=O)CN1C(=O)/C(=C/c2ccc(OC)cc2)NC1=S. The van der Waals surface area contributed by atoms with Gasteiger partial charge in [-0.2, -0.15) is 0 Å². The molecule has 1 amide bonds. The van der Waals surface area contributed by atoms with Gasteiger partial charge in [0.1, 0.15) is 18.0 Å². The third kappa shape index (κ3) is 3.38. The molecular weight excluding hydrogens is 292 g/mol. The summed E-state index contributed by atoms with van der Waals surface area (Å²) in [7, 11) is 2.84. The lowest BCUT2D eigenvalue weighted by molar-refractivity contribution is -0.143. The van der Waals surface area contributed by atoms with Crippen LogP contribution in [0, 0.1) is 0 Å². The summed E-state index contributed by atoms with van der Waals surface area (Å²) >= 11 is 5.04. The summed E-state index contributed by atoms with van der Waals surface area (Å²) in [4.78, 5) is 24.6. The molecule has 21 heavy (non-hydrogen) atoms. The maximum atomic E-state index is 12.2. The number of nitrogens with zero attached hydrogens (tertiary/aromatic N) is 1. The number of hydrogen-bond acceptors (Lipinski definition) is 5. The highest BCUT2D eigenvalue weighted by molar-refractivity contribution is 7.80. The van der Waals surface area contributed by atoms with E-state index in [-0.39, 0.29) is 17.6 Å². The average molecular weight is 306 g/mol. The molecule has 6 nitrogen and oxygen atoms in total. The van der Waals surface area contributed by atoms with Crippen LogP contribution in [0.1, 0.15) is 5.56 Å². The highest BCUT2D eigenvalue weighted by Crippen LogP contribution is 2.17. The number of methoxy groups -OCH3 is 2. The van der Waals surface area contributed by atoms with Crippen LogP contribution in [0.25, 0.3) is 6.08 Å². The second-order valence-corrected chi connectivity index (χ2v) is 4.62. The van der Waals surface area contributed by atoms with Crippen LogP contribution < -0.4 is 10.1 Å². The monoisotopic (exact) mass is 306 g/mol. The van der Waals surface area contributed by atoms with Crippen LogP contribution in [0.2, 0.25) is 0 Å². The smallest absolute Gasteiger partial charge is 0.325 e. The maximum absolute atomic E-state index is 12.2. The van der Waals surface area contributed by atoms with Crippen LogP contribution in [-0.2, 0) is 14.3 Å². The van der Waals surface area contributed by atoms with Crippen LogP contribution in [0.15, 0.2) is 30.0 Å². The van der Waals surface area contributed by atoms with E-state index in [9.17, 15) is 9.59 Å². The second kappa shape index (κ2) is 6.36.